The number of aromatic nitrogens is 3. The van der Waals surface area contributed by atoms with E-state index in [9.17, 15) is 4.79 Å². The fraction of sp³-hybridized carbons (Fsp3) is 0.381. The van der Waals surface area contributed by atoms with Crippen molar-refractivity contribution in [3.63, 3.8) is 0 Å². The van der Waals surface area contributed by atoms with Crippen molar-refractivity contribution in [1.29, 1.82) is 0 Å². The molecule has 7 heteroatoms. The van der Waals surface area contributed by atoms with Crippen LogP contribution in [0.2, 0.25) is 0 Å². The predicted octanol–water partition coefficient (Wildman–Crippen LogP) is 2.45. The minimum atomic E-state index is 0.0185. The number of aryl methyl sites for hydroxylation is 1. The molecule has 0 N–H and O–H groups in total. The Bertz CT molecular complexity index is 967. The summed E-state index contributed by atoms with van der Waals surface area (Å²) < 4.78 is 12.8. The molecule has 0 spiro atoms. The van der Waals surface area contributed by atoms with E-state index in [1.165, 1.54) is 0 Å². The van der Waals surface area contributed by atoms with Gasteiger partial charge in [-0.05, 0) is 48.7 Å². The van der Waals surface area contributed by atoms with Crippen LogP contribution in [0.5, 0.6) is 11.5 Å². The predicted molar refractivity (Wildman–Crippen MR) is 105 cm³/mol. The lowest BCUT2D eigenvalue weighted by molar-refractivity contribution is -0.132. The highest BCUT2D eigenvalue weighted by Gasteiger charge is 2.27. The molecular formula is C21H24N4O3. The molecule has 3 aromatic rings. The van der Waals surface area contributed by atoms with Crippen LogP contribution in [0.1, 0.15) is 12.2 Å². The van der Waals surface area contributed by atoms with E-state index in [1.807, 2.05) is 40.8 Å². The molecule has 28 heavy (non-hydrogen) atoms. The molecule has 1 aromatic carbocycles. The van der Waals surface area contributed by atoms with Crippen LogP contribution >= 0.6 is 0 Å². The van der Waals surface area contributed by atoms with Crippen LogP contribution in [0.4, 0.5) is 0 Å². The van der Waals surface area contributed by atoms with E-state index in [0.717, 1.165) is 48.7 Å². The third-order valence-electron chi connectivity index (χ3n) is 5.25. The summed E-state index contributed by atoms with van der Waals surface area (Å²) in [6, 6.07) is 11.1. The lowest BCUT2D eigenvalue weighted by atomic mass is 10.0. The van der Waals surface area contributed by atoms with Gasteiger partial charge >= 0.3 is 0 Å². The van der Waals surface area contributed by atoms with Gasteiger partial charge in [-0.3, -0.25) is 4.79 Å². The van der Waals surface area contributed by atoms with Crippen LogP contribution in [-0.4, -0.2) is 52.1 Å². The fourth-order valence-electron chi connectivity index (χ4n) is 3.65. The molecule has 0 bridgehead atoms. The summed E-state index contributed by atoms with van der Waals surface area (Å²) in [5.74, 6) is 2.86. The molecule has 1 saturated heterocycles. The Morgan fingerprint density at radius 2 is 2.00 bits per heavy atom. The minimum Gasteiger partial charge on any atom is -0.497 e. The SMILES string of the molecule is COc1ccc(OCC(=O)N2CC[C@@H](Cc3nc4cccnc4n3C)C2)cc1. The summed E-state index contributed by atoms with van der Waals surface area (Å²) in [5.41, 5.74) is 1.81. The molecular weight excluding hydrogens is 356 g/mol. The number of ether oxygens (including phenoxy) is 2. The third-order valence-corrected chi connectivity index (χ3v) is 5.25. The van der Waals surface area contributed by atoms with Crippen LogP contribution in [0, 0.1) is 5.92 Å². The maximum atomic E-state index is 12.5. The maximum Gasteiger partial charge on any atom is 0.260 e. The first-order valence-corrected chi connectivity index (χ1v) is 9.45. The Morgan fingerprint density at radius 3 is 2.75 bits per heavy atom. The summed E-state index contributed by atoms with van der Waals surface area (Å²) in [5, 5.41) is 0. The zero-order chi connectivity index (χ0) is 19.5. The molecule has 3 heterocycles. The number of fused-ring (bicyclic) bond motifs is 1. The van der Waals surface area contributed by atoms with Gasteiger partial charge in [-0.15, -0.1) is 0 Å². The lowest BCUT2D eigenvalue weighted by Gasteiger charge is -2.17. The van der Waals surface area contributed by atoms with Gasteiger partial charge < -0.3 is 18.9 Å². The zero-order valence-corrected chi connectivity index (χ0v) is 16.2. The summed E-state index contributed by atoms with van der Waals surface area (Å²) >= 11 is 0. The third kappa shape index (κ3) is 3.78. The Balaban J connectivity index is 1.31. The standard InChI is InChI=1S/C21H24N4O3/c1-24-19(23-18-4-3-10-22-21(18)24)12-15-9-11-25(13-15)20(26)14-28-17-7-5-16(27-2)6-8-17/h3-8,10,15H,9,11-14H2,1-2H3/t15-/m0/s1. The van der Waals surface area contributed by atoms with E-state index >= 15 is 0 Å². The highest BCUT2D eigenvalue weighted by atomic mass is 16.5. The highest BCUT2D eigenvalue weighted by molar-refractivity contribution is 5.78. The van der Waals surface area contributed by atoms with Gasteiger partial charge in [0.25, 0.3) is 5.91 Å². The number of imidazole rings is 1. The second-order valence-electron chi connectivity index (χ2n) is 7.10. The zero-order valence-electron chi connectivity index (χ0n) is 16.2. The number of hydrogen-bond donors (Lipinski definition) is 0. The average molecular weight is 380 g/mol. The number of methoxy groups -OCH3 is 1. The molecule has 1 amide bonds. The van der Waals surface area contributed by atoms with Crippen molar-refractivity contribution in [3.05, 3.63) is 48.4 Å². The van der Waals surface area contributed by atoms with Gasteiger partial charge in [0, 0.05) is 32.8 Å². The van der Waals surface area contributed by atoms with Gasteiger partial charge in [0.1, 0.15) is 22.8 Å². The number of amides is 1. The normalized spacial score (nSPS) is 16.5. The maximum absolute atomic E-state index is 12.5. The second-order valence-corrected chi connectivity index (χ2v) is 7.10. The molecule has 1 aliphatic rings. The van der Waals surface area contributed by atoms with Crippen molar-refractivity contribution in [1.82, 2.24) is 19.4 Å². The molecule has 1 fully saturated rings. The smallest absolute Gasteiger partial charge is 0.260 e. The molecule has 2 aromatic heterocycles. The fourth-order valence-corrected chi connectivity index (χ4v) is 3.65. The second kappa shape index (κ2) is 7.88. The van der Waals surface area contributed by atoms with Crippen molar-refractivity contribution < 1.29 is 14.3 Å². The largest absolute Gasteiger partial charge is 0.497 e. The number of carbonyl (C=O) groups excluding carboxylic acids is 1. The highest BCUT2D eigenvalue weighted by Crippen LogP contribution is 2.23. The molecule has 1 atom stereocenters. The summed E-state index contributed by atoms with van der Waals surface area (Å²) in [4.78, 5) is 23.5. The molecule has 0 saturated carbocycles. The van der Waals surface area contributed by atoms with Crippen molar-refractivity contribution in [2.45, 2.75) is 12.8 Å². The van der Waals surface area contributed by atoms with E-state index in [0.29, 0.717) is 11.7 Å². The molecule has 7 nitrogen and oxygen atoms in total. The number of benzene rings is 1. The quantitative estimate of drug-likeness (QED) is 0.657. The first-order chi connectivity index (χ1) is 13.6. The average Bonchev–Trinajstić information content (AvgIpc) is 3.32. The van der Waals surface area contributed by atoms with Crippen molar-refractivity contribution in [2.75, 3.05) is 26.8 Å². The number of hydrogen-bond acceptors (Lipinski definition) is 5. The first kappa shape index (κ1) is 18.3. The first-order valence-electron chi connectivity index (χ1n) is 9.45. The number of likely N-dealkylation sites (tertiary alicyclic amines) is 1. The monoisotopic (exact) mass is 380 g/mol. The van der Waals surface area contributed by atoms with Gasteiger partial charge in [-0.1, -0.05) is 0 Å². The summed E-state index contributed by atoms with van der Waals surface area (Å²) in [6.45, 7) is 1.55. The summed E-state index contributed by atoms with van der Waals surface area (Å²) in [6.07, 6.45) is 3.60. The topological polar surface area (TPSA) is 69.5 Å². The van der Waals surface area contributed by atoms with Crippen LogP contribution in [-0.2, 0) is 18.3 Å². The van der Waals surface area contributed by atoms with Gasteiger partial charge in [-0.25, -0.2) is 9.97 Å². The molecule has 4 rings (SSSR count). The van der Waals surface area contributed by atoms with Crippen molar-refractivity contribution >= 4 is 17.1 Å². The van der Waals surface area contributed by atoms with Gasteiger partial charge in [-0.2, -0.15) is 0 Å². The molecule has 0 radical (unpaired) electrons. The van der Waals surface area contributed by atoms with Gasteiger partial charge in [0.05, 0.1) is 7.11 Å². The minimum absolute atomic E-state index is 0.0185. The number of rotatable bonds is 6. The van der Waals surface area contributed by atoms with E-state index in [2.05, 4.69) is 4.98 Å². The van der Waals surface area contributed by atoms with Gasteiger partial charge in [0.2, 0.25) is 0 Å². The van der Waals surface area contributed by atoms with Crippen molar-refractivity contribution in [3.8, 4) is 11.5 Å². The van der Waals surface area contributed by atoms with Gasteiger partial charge in [0.15, 0.2) is 12.3 Å². The van der Waals surface area contributed by atoms with E-state index < -0.39 is 0 Å². The summed E-state index contributed by atoms with van der Waals surface area (Å²) in [7, 11) is 3.62. The van der Waals surface area contributed by atoms with Crippen LogP contribution < -0.4 is 9.47 Å². The number of pyridine rings is 1. The van der Waals surface area contributed by atoms with Crippen molar-refractivity contribution in [2.24, 2.45) is 13.0 Å². The number of carbonyl (C=O) groups is 1. The van der Waals surface area contributed by atoms with Crippen LogP contribution in [0.15, 0.2) is 42.6 Å². The lowest BCUT2D eigenvalue weighted by Crippen LogP contribution is -2.33. The molecule has 0 aliphatic carbocycles. The Kier molecular flexibility index (Phi) is 5.14. The molecule has 146 valence electrons. The van der Waals surface area contributed by atoms with Crippen LogP contribution in [0.25, 0.3) is 11.2 Å². The molecule has 1 aliphatic heterocycles. The Morgan fingerprint density at radius 1 is 1.21 bits per heavy atom. The van der Waals surface area contributed by atoms with E-state index in [1.54, 1.807) is 25.4 Å². The van der Waals surface area contributed by atoms with E-state index in [-0.39, 0.29) is 12.5 Å². The van der Waals surface area contributed by atoms with E-state index in [4.69, 9.17) is 14.5 Å². The molecule has 0 unspecified atom stereocenters. The Labute approximate surface area is 163 Å². The van der Waals surface area contributed by atoms with Crippen LogP contribution in [0.3, 0.4) is 0 Å². The Hall–Kier alpha value is -3.09. The number of nitrogens with zero attached hydrogens (tertiary/aromatic N) is 4.